The molecule has 18 heavy (non-hydrogen) atoms. The fourth-order valence-electron chi connectivity index (χ4n) is 1.68. The predicted octanol–water partition coefficient (Wildman–Crippen LogP) is 3.16. The summed E-state index contributed by atoms with van der Waals surface area (Å²) < 4.78 is 18.6. The minimum atomic E-state index is -1.18. The minimum Gasteiger partial charge on any atom is -0.450 e. The minimum absolute atomic E-state index is 0.0162. The summed E-state index contributed by atoms with van der Waals surface area (Å²) in [5, 5.41) is 10.4. The van der Waals surface area contributed by atoms with Crippen molar-refractivity contribution < 1.29 is 18.7 Å². The van der Waals surface area contributed by atoms with E-state index in [1.807, 2.05) is 0 Å². The quantitative estimate of drug-likeness (QED) is 0.833. The summed E-state index contributed by atoms with van der Waals surface area (Å²) in [4.78, 5) is 12.0. The number of hydrogen-bond acceptors (Lipinski definition) is 3. The van der Waals surface area contributed by atoms with Crippen molar-refractivity contribution in [1.29, 1.82) is 0 Å². The molecule has 0 amide bonds. The van der Waals surface area contributed by atoms with Crippen LogP contribution in [0.15, 0.2) is 28.7 Å². The summed E-state index contributed by atoms with van der Waals surface area (Å²) in [6.45, 7) is 5.25. The number of aliphatic hydroxyl groups excluding tert-OH is 1. The molecule has 1 unspecified atom stereocenters. The second kappa shape index (κ2) is 4.21. The number of furan rings is 1. The predicted molar refractivity (Wildman–Crippen MR) is 66.0 cm³/mol. The Bertz CT molecular complexity index is 593. The smallest absolute Gasteiger partial charge is 0.226 e. The van der Waals surface area contributed by atoms with Crippen LogP contribution in [-0.2, 0) is 0 Å². The zero-order valence-corrected chi connectivity index (χ0v) is 10.5. The summed E-state index contributed by atoms with van der Waals surface area (Å²) in [5.74, 6) is -1.06. The molecule has 1 atom stereocenters. The molecule has 0 aliphatic rings. The first-order chi connectivity index (χ1) is 8.30. The van der Waals surface area contributed by atoms with Crippen molar-refractivity contribution in [2.45, 2.75) is 26.9 Å². The van der Waals surface area contributed by atoms with Crippen LogP contribution >= 0.6 is 0 Å². The van der Waals surface area contributed by atoms with Gasteiger partial charge in [0, 0.05) is 5.39 Å². The molecule has 2 aromatic rings. The number of benzene rings is 1. The molecule has 1 N–H and O–H groups in total. The third-order valence-corrected chi connectivity index (χ3v) is 2.81. The lowest BCUT2D eigenvalue weighted by molar-refractivity contribution is 0.0418. The molecule has 0 aliphatic carbocycles. The van der Waals surface area contributed by atoms with Crippen LogP contribution in [0.5, 0.6) is 0 Å². The number of para-hydroxylation sites is 1. The molecule has 0 saturated carbocycles. The van der Waals surface area contributed by atoms with Crippen molar-refractivity contribution in [1.82, 2.24) is 0 Å². The van der Waals surface area contributed by atoms with E-state index in [1.165, 1.54) is 12.1 Å². The molecular weight excluding hydrogens is 235 g/mol. The van der Waals surface area contributed by atoms with Crippen LogP contribution < -0.4 is 0 Å². The zero-order chi connectivity index (χ0) is 13.5. The molecule has 3 nitrogen and oxygen atoms in total. The number of rotatable bonds is 2. The number of Topliss-reactive ketones (excluding diaryl/α,β-unsaturated/α-hetero) is 1. The number of ketones is 1. The summed E-state index contributed by atoms with van der Waals surface area (Å²) in [6, 6.07) is 5.92. The molecule has 1 heterocycles. The van der Waals surface area contributed by atoms with Crippen molar-refractivity contribution in [2.75, 3.05) is 0 Å². The van der Waals surface area contributed by atoms with Gasteiger partial charge in [-0.25, -0.2) is 4.39 Å². The molecule has 4 heteroatoms. The van der Waals surface area contributed by atoms with Crippen LogP contribution in [-0.4, -0.2) is 17.0 Å². The van der Waals surface area contributed by atoms with Crippen molar-refractivity contribution in [2.24, 2.45) is 5.41 Å². The molecule has 0 radical (unpaired) electrons. The largest absolute Gasteiger partial charge is 0.450 e. The normalized spacial score (nSPS) is 13.8. The molecule has 1 aromatic carbocycles. The van der Waals surface area contributed by atoms with E-state index in [2.05, 4.69) is 0 Å². The van der Waals surface area contributed by atoms with Crippen molar-refractivity contribution in [3.8, 4) is 0 Å². The van der Waals surface area contributed by atoms with Gasteiger partial charge in [0.1, 0.15) is 6.10 Å². The highest BCUT2D eigenvalue weighted by atomic mass is 19.1. The number of aliphatic hydroxyl groups is 1. The third-order valence-electron chi connectivity index (χ3n) is 2.81. The summed E-state index contributed by atoms with van der Waals surface area (Å²) in [6.07, 6.45) is -1.18. The number of fused-ring (bicyclic) bond motifs is 1. The van der Waals surface area contributed by atoms with Gasteiger partial charge in [-0.15, -0.1) is 0 Å². The van der Waals surface area contributed by atoms with E-state index in [9.17, 15) is 14.3 Å². The van der Waals surface area contributed by atoms with Gasteiger partial charge in [-0.1, -0.05) is 32.9 Å². The van der Waals surface area contributed by atoms with E-state index >= 15 is 0 Å². The van der Waals surface area contributed by atoms with Crippen LogP contribution in [0.25, 0.3) is 11.0 Å². The van der Waals surface area contributed by atoms with Crippen molar-refractivity contribution in [3.63, 3.8) is 0 Å². The van der Waals surface area contributed by atoms with Gasteiger partial charge in [-0.2, -0.15) is 0 Å². The summed E-state index contributed by atoms with van der Waals surface area (Å²) >= 11 is 0. The molecule has 2 rings (SSSR count). The highest BCUT2D eigenvalue weighted by Gasteiger charge is 2.31. The van der Waals surface area contributed by atoms with Crippen LogP contribution in [0, 0.1) is 11.2 Å². The molecule has 0 saturated heterocycles. The highest BCUT2D eigenvalue weighted by molar-refractivity contribution is 6.00. The van der Waals surface area contributed by atoms with Gasteiger partial charge in [0.15, 0.2) is 17.2 Å². The number of carbonyl (C=O) groups excluding carboxylic acids is 1. The Balaban J connectivity index is 2.43. The maximum atomic E-state index is 13.4. The fourth-order valence-corrected chi connectivity index (χ4v) is 1.68. The maximum Gasteiger partial charge on any atom is 0.226 e. The van der Waals surface area contributed by atoms with Crippen molar-refractivity contribution >= 4 is 16.8 Å². The highest BCUT2D eigenvalue weighted by Crippen LogP contribution is 2.27. The first-order valence-corrected chi connectivity index (χ1v) is 5.71. The Morgan fingerprint density at radius 2 is 2.06 bits per heavy atom. The third kappa shape index (κ3) is 2.16. The Labute approximate surface area is 104 Å². The van der Waals surface area contributed by atoms with Crippen LogP contribution in [0.3, 0.4) is 0 Å². The first kappa shape index (κ1) is 12.8. The van der Waals surface area contributed by atoms with Crippen LogP contribution in [0.1, 0.15) is 31.3 Å². The zero-order valence-electron chi connectivity index (χ0n) is 10.5. The molecular formula is C14H15FO3. The van der Waals surface area contributed by atoms with Gasteiger partial charge < -0.3 is 9.52 Å². The van der Waals surface area contributed by atoms with E-state index in [0.717, 1.165) is 0 Å². The molecule has 96 valence electrons. The average Bonchev–Trinajstić information content (AvgIpc) is 2.71. The first-order valence-electron chi connectivity index (χ1n) is 5.71. The second-order valence-electron chi connectivity index (χ2n) is 5.40. The Kier molecular flexibility index (Phi) is 2.99. The molecule has 0 fully saturated rings. The summed E-state index contributed by atoms with van der Waals surface area (Å²) in [5.41, 5.74) is -0.545. The standard InChI is InChI=1S/C14H15FO3/c1-14(2,3)13(17)11(16)10-7-8-5-4-6-9(15)12(8)18-10/h4-7,13,17H,1-3H3. The SMILES string of the molecule is CC(C)(C)C(O)C(=O)c1cc2cccc(F)c2o1. The van der Waals surface area contributed by atoms with Gasteiger partial charge in [-0.05, 0) is 17.5 Å². The van der Waals surface area contributed by atoms with E-state index in [4.69, 9.17) is 4.42 Å². The number of halogens is 1. The van der Waals surface area contributed by atoms with Gasteiger partial charge in [0.05, 0.1) is 0 Å². The molecule has 0 spiro atoms. The van der Waals surface area contributed by atoms with Gasteiger partial charge in [-0.3, -0.25) is 4.79 Å². The van der Waals surface area contributed by atoms with E-state index < -0.39 is 23.1 Å². The summed E-state index contributed by atoms with van der Waals surface area (Å²) in [7, 11) is 0. The van der Waals surface area contributed by atoms with E-state index in [0.29, 0.717) is 5.39 Å². The molecule has 0 aliphatic heterocycles. The topological polar surface area (TPSA) is 50.4 Å². The lowest BCUT2D eigenvalue weighted by Gasteiger charge is -2.23. The fraction of sp³-hybridized carbons (Fsp3) is 0.357. The number of carbonyl (C=O) groups is 1. The van der Waals surface area contributed by atoms with E-state index in [-0.39, 0.29) is 11.3 Å². The van der Waals surface area contributed by atoms with Gasteiger partial charge >= 0.3 is 0 Å². The average molecular weight is 250 g/mol. The van der Waals surface area contributed by atoms with Gasteiger partial charge in [0.25, 0.3) is 0 Å². The van der Waals surface area contributed by atoms with Crippen LogP contribution in [0.4, 0.5) is 4.39 Å². The van der Waals surface area contributed by atoms with E-state index in [1.54, 1.807) is 32.9 Å². The lowest BCUT2D eigenvalue weighted by Crippen LogP contribution is -2.34. The maximum absolute atomic E-state index is 13.4. The lowest BCUT2D eigenvalue weighted by atomic mass is 9.86. The molecule has 1 aromatic heterocycles. The molecule has 0 bridgehead atoms. The Morgan fingerprint density at radius 3 is 2.61 bits per heavy atom. The Hall–Kier alpha value is -1.68. The Morgan fingerprint density at radius 1 is 1.39 bits per heavy atom. The van der Waals surface area contributed by atoms with Crippen molar-refractivity contribution in [3.05, 3.63) is 35.8 Å². The second-order valence-corrected chi connectivity index (χ2v) is 5.40. The van der Waals surface area contributed by atoms with Gasteiger partial charge in [0.2, 0.25) is 5.78 Å². The van der Waals surface area contributed by atoms with Crippen LogP contribution in [0.2, 0.25) is 0 Å². The number of hydrogen-bond donors (Lipinski definition) is 1. The monoisotopic (exact) mass is 250 g/mol.